The maximum Gasteiger partial charge on any atom is 0.269 e. The number of nitrogens with zero attached hydrogens (tertiary/aromatic N) is 3. The summed E-state index contributed by atoms with van der Waals surface area (Å²) < 4.78 is 1.46. The standard InChI is InChI=1S/C13H14N4O4/c18-7-1-6-14-13(19)10-8-15-16(9-10)11-2-4-12(5-3-11)17(20)21/h2-5,8-9,18H,1,6-7H2,(H,14,19). The number of nitro groups is 1. The third-order valence-electron chi connectivity index (χ3n) is 2.79. The topological polar surface area (TPSA) is 110 Å². The van der Waals surface area contributed by atoms with E-state index in [0.717, 1.165) is 0 Å². The number of aliphatic hydroxyl groups excluding tert-OH is 1. The van der Waals surface area contributed by atoms with Crippen LogP contribution in [0.25, 0.3) is 5.69 Å². The Morgan fingerprint density at radius 2 is 2.10 bits per heavy atom. The van der Waals surface area contributed by atoms with Crippen LogP contribution in [0.2, 0.25) is 0 Å². The van der Waals surface area contributed by atoms with Crippen LogP contribution in [0.4, 0.5) is 5.69 Å². The summed E-state index contributed by atoms with van der Waals surface area (Å²) in [5, 5.41) is 25.9. The molecule has 1 aromatic carbocycles. The van der Waals surface area contributed by atoms with Crippen LogP contribution in [0, 0.1) is 10.1 Å². The van der Waals surface area contributed by atoms with Crippen molar-refractivity contribution in [2.24, 2.45) is 0 Å². The van der Waals surface area contributed by atoms with Gasteiger partial charge in [-0.1, -0.05) is 0 Å². The molecule has 0 atom stereocenters. The first kappa shape index (κ1) is 14.7. The smallest absolute Gasteiger partial charge is 0.269 e. The van der Waals surface area contributed by atoms with Crippen molar-refractivity contribution < 1.29 is 14.8 Å². The molecule has 0 saturated carbocycles. The molecule has 2 aromatic rings. The third-order valence-corrected chi connectivity index (χ3v) is 2.79. The molecule has 0 aliphatic heterocycles. The Labute approximate surface area is 120 Å². The molecule has 0 aliphatic carbocycles. The first-order chi connectivity index (χ1) is 10.1. The van der Waals surface area contributed by atoms with Gasteiger partial charge in [0, 0.05) is 31.5 Å². The number of hydrogen-bond acceptors (Lipinski definition) is 5. The summed E-state index contributed by atoms with van der Waals surface area (Å²) in [5.74, 6) is -0.281. The molecule has 2 N–H and O–H groups in total. The van der Waals surface area contributed by atoms with E-state index in [1.807, 2.05) is 0 Å². The number of amides is 1. The zero-order valence-electron chi connectivity index (χ0n) is 11.1. The number of rotatable bonds is 6. The number of carbonyl (C=O) groups is 1. The minimum atomic E-state index is -0.479. The first-order valence-electron chi connectivity index (χ1n) is 6.30. The van der Waals surface area contributed by atoms with E-state index < -0.39 is 4.92 Å². The molecule has 110 valence electrons. The number of aliphatic hydroxyl groups is 1. The number of carbonyl (C=O) groups excluding carboxylic acids is 1. The van der Waals surface area contributed by atoms with Crippen LogP contribution in [0.15, 0.2) is 36.7 Å². The number of nitrogens with one attached hydrogen (secondary N) is 1. The SMILES string of the molecule is O=C(NCCCO)c1cnn(-c2ccc([N+](=O)[O-])cc2)c1. The first-order valence-corrected chi connectivity index (χ1v) is 6.30. The van der Waals surface area contributed by atoms with Gasteiger partial charge < -0.3 is 10.4 Å². The fourth-order valence-electron chi connectivity index (χ4n) is 1.69. The van der Waals surface area contributed by atoms with E-state index in [1.54, 1.807) is 12.1 Å². The van der Waals surface area contributed by atoms with E-state index in [4.69, 9.17) is 5.11 Å². The van der Waals surface area contributed by atoms with Gasteiger partial charge in [0.25, 0.3) is 11.6 Å². The zero-order valence-corrected chi connectivity index (χ0v) is 11.1. The molecule has 1 amide bonds. The maximum absolute atomic E-state index is 11.8. The average molecular weight is 290 g/mol. The van der Waals surface area contributed by atoms with Gasteiger partial charge in [0.2, 0.25) is 0 Å². The number of aromatic nitrogens is 2. The van der Waals surface area contributed by atoms with Crippen LogP contribution in [0.1, 0.15) is 16.8 Å². The molecule has 0 unspecified atom stereocenters. The van der Waals surface area contributed by atoms with Crippen molar-refractivity contribution in [2.45, 2.75) is 6.42 Å². The highest BCUT2D eigenvalue weighted by Gasteiger charge is 2.10. The summed E-state index contributed by atoms with van der Waals surface area (Å²) in [7, 11) is 0. The number of non-ortho nitro benzene ring substituents is 1. The summed E-state index contributed by atoms with van der Waals surface area (Å²) >= 11 is 0. The summed E-state index contributed by atoms with van der Waals surface area (Å²) in [6.07, 6.45) is 3.44. The lowest BCUT2D eigenvalue weighted by atomic mass is 10.3. The Hall–Kier alpha value is -2.74. The summed E-state index contributed by atoms with van der Waals surface area (Å²) in [5.41, 5.74) is 0.995. The Kier molecular flexibility index (Phi) is 4.62. The lowest BCUT2D eigenvalue weighted by molar-refractivity contribution is -0.384. The van der Waals surface area contributed by atoms with Gasteiger partial charge in [-0.05, 0) is 18.6 Å². The third kappa shape index (κ3) is 3.63. The van der Waals surface area contributed by atoms with E-state index in [9.17, 15) is 14.9 Å². The van der Waals surface area contributed by atoms with E-state index >= 15 is 0 Å². The van der Waals surface area contributed by atoms with Crippen LogP contribution in [0.3, 0.4) is 0 Å². The molecule has 8 heteroatoms. The highest BCUT2D eigenvalue weighted by Crippen LogP contribution is 2.15. The predicted octanol–water partition coefficient (Wildman–Crippen LogP) is 0.893. The average Bonchev–Trinajstić information content (AvgIpc) is 2.97. The molecular weight excluding hydrogens is 276 g/mol. The summed E-state index contributed by atoms with van der Waals surface area (Å²) in [6, 6.07) is 5.85. The molecule has 0 spiro atoms. The molecule has 2 rings (SSSR count). The minimum absolute atomic E-state index is 0.00660. The Morgan fingerprint density at radius 1 is 1.38 bits per heavy atom. The largest absolute Gasteiger partial charge is 0.396 e. The molecule has 0 bridgehead atoms. The second-order valence-electron chi connectivity index (χ2n) is 4.28. The molecule has 0 aliphatic rings. The van der Waals surface area contributed by atoms with E-state index in [0.29, 0.717) is 24.2 Å². The fourth-order valence-corrected chi connectivity index (χ4v) is 1.69. The van der Waals surface area contributed by atoms with E-state index in [1.165, 1.54) is 29.2 Å². The Balaban J connectivity index is 2.08. The monoisotopic (exact) mass is 290 g/mol. The van der Waals surface area contributed by atoms with Gasteiger partial charge in [-0.3, -0.25) is 14.9 Å². The zero-order chi connectivity index (χ0) is 15.2. The highest BCUT2D eigenvalue weighted by molar-refractivity contribution is 5.93. The van der Waals surface area contributed by atoms with Gasteiger partial charge in [-0.25, -0.2) is 4.68 Å². The summed E-state index contributed by atoms with van der Waals surface area (Å²) in [6.45, 7) is 0.403. The minimum Gasteiger partial charge on any atom is -0.396 e. The Morgan fingerprint density at radius 3 is 2.71 bits per heavy atom. The molecule has 0 saturated heterocycles. The van der Waals surface area contributed by atoms with Gasteiger partial charge in [-0.15, -0.1) is 0 Å². The maximum atomic E-state index is 11.8. The van der Waals surface area contributed by atoms with Crippen LogP contribution in [-0.2, 0) is 0 Å². The van der Waals surface area contributed by atoms with Crippen molar-refractivity contribution in [1.82, 2.24) is 15.1 Å². The summed E-state index contributed by atoms with van der Waals surface area (Å²) in [4.78, 5) is 21.9. The predicted molar refractivity (Wildman–Crippen MR) is 74.3 cm³/mol. The number of nitro benzene ring substituents is 1. The lowest BCUT2D eigenvalue weighted by Gasteiger charge is -2.01. The van der Waals surface area contributed by atoms with E-state index in [2.05, 4.69) is 10.4 Å². The van der Waals surface area contributed by atoms with Gasteiger partial charge in [0.15, 0.2) is 0 Å². The molecule has 1 aromatic heterocycles. The second kappa shape index (κ2) is 6.62. The van der Waals surface area contributed by atoms with Gasteiger partial charge in [-0.2, -0.15) is 5.10 Å². The molecule has 0 fully saturated rings. The molecule has 1 heterocycles. The van der Waals surface area contributed by atoms with Crippen molar-refractivity contribution in [3.05, 3.63) is 52.3 Å². The number of benzene rings is 1. The van der Waals surface area contributed by atoms with Crippen molar-refractivity contribution >= 4 is 11.6 Å². The fraction of sp³-hybridized carbons (Fsp3) is 0.231. The van der Waals surface area contributed by atoms with Crippen molar-refractivity contribution in [1.29, 1.82) is 0 Å². The molecular formula is C13H14N4O4. The van der Waals surface area contributed by atoms with Crippen molar-refractivity contribution in [2.75, 3.05) is 13.2 Å². The van der Waals surface area contributed by atoms with E-state index in [-0.39, 0.29) is 18.2 Å². The van der Waals surface area contributed by atoms with Crippen molar-refractivity contribution in [3.8, 4) is 5.69 Å². The van der Waals surface area contributed by atoms with Gasteiger partial charge in [0.1, 0.15) is 0 Å². The normalized spacial score (nSPS) is 10.3. The van der Waals surface area contributed by atoms with Gasteiger partial charge in [0.05, 0.1) is 22.4 Å². The number of hydrogen-bond donors (Lipinski definition) is 2. The second-order valence-corrected chi connectivity index (χ2v) is 4.28. The molecule has 21 heavy (non-hydrogen) atoms. The molecule has 8 nitrogen and oxygen atoms in total. The Bertz CT molecular complexity index is 636. The quantitative estimate of drug-likeness (QED) is 0.466. The lowest BCUT2D eigenvalue weighted by Crippen LogP contribution is -2.24. The van der Waals surface area contributed by atoms with Crippen LogP contribution >= 0.6 is 0 Å². The van der Waals surface area contributed by atoms with Crippen molar-refractivity contribution in [3.63, 3.8) is 0 Å². The van der Waals surface area contributed by atoms with Crippen LogP contribution in [0.5, 0.6) is 0 Å². The highest BCUT2D eigenvalue weighted by atomic mass is 16.6. The molecule has 0 radical (unpaired) electrons. The van der Waals surface area contributed by atoms with Crippen LogP contribution in [-0.4, -0.2) is 38.9 Å². The van der Waals surface area contributed by atoms with Crippen LogP contribution < -0.4 is 5.32 Å². The van der Waals surface area contributed by atoms with Gasteiger partial charge >= 0.3 is 0 Å².